The van der Waals surface area contributed by atoms with Gasteiger partial charge in [0.25, 0.3) is 0 Å². The Bertz CT molecular complexity index is 2570. The smallest absolute Gasteiger partial charge is 0.323 e. The number of hydrogen-bond donors (Lipinski definition) is 9. The normalized spacial score (nSPS) is 17.4. The first-order valence-electron chi connectivity index (χ1n) is 23.5. The summed E-state index contributed by atoms with van der Waals surface area (Å²) in [5.41, 5.74) is 10.3. The first kappa shape index (κ1) is 51.0. The highest BCUT2D eigenvalue weighted by atomic mass is 35.5. The van der Waals surface area contributed by atoms with Gasteiger partial charge in [0.2, 0.25) is 0 Å². The predicted molar refractivity (Wildman–Crippen MR) is 279 cm³/mol. The van der Waals surface area contributed by atoms with Gasteiger partial charge in [0.05, 0.1) is 48.8 Å². The van der Waals surface area contributed by atoms with Crippen LogP contribution >= 0.6 is 11.6 Å². The maximum Gasteiger partial charge on any atom is 0.323 e. The predicted octanol–water partition coefficient (Wildman–Crippen LogP) is 9.92. The summed E-state index contributed by atoms with van der Waals surface area (Å²) in [4.78, 5) is 36.0. The number of halogens is 1. The molecule has 3 atom stereocenters. The van der Waals surface area contributed by atoms with Crippen molar-refractivity contribution in [3.05, 3.63) is 184 Å². The highest BCUT2D eigenvalue weighted by molar-refractivity contribution is 6.33. The maximum absolute atomic E-state index is 12.0. The van der Waals surface area contributed by atoms with Crippen molar-refractivity contribution >= 4 is 58.1 Å². The highest BCUT2D eigenvalue weighted by Crippen LogP contribution is 2.25. The van der Waals surface area contributed by atoms with E-state index in [9.17, 15) is 14.4 Å². The highest BCUT2D eigenvalue weighted by Gasteiger charge is 2.18. The molecule has 3 aliphatic rings. The van der Waals surface area contributed by atoms with Crippen molar-refractivity contribution in [2.75, 3.05) is 85.7 Å². The van der Waals surface area contributed by atoms with Crippen molar-refractivity contribution in [3.63, 3.8) is 0 Å². The molecule has 0 aromatic heterocycles. The SMILES string of the molecule is Cc1ccc(CNC(=O)Nc2ccc(C3CNCCO3)cc2)cc1.Cc1cccc(NC(=O)Nc2ccc(C3CNCCO3)cc2)c1.O=C(Nc1ccc(C2CNCCO2)cc1)Nc1ccccc1Cl. The van der Waals surface area contributed by atoms with Crippen LogP contribution in [-0.2, 0) is 20.8 Å². The molecule has 70 heavy (non-hydrogen) atoms. The van der Waals surface area contributed by atoms with Crippen LogP contribution in [0.15, 0.2) is 146 Å². The Balaban J connectivity index is 0.000000155. The number of morpholine rings is 3. The molecule has 0 radical (unpaired) electrons. The Morgan fingerprint density at radius 3 is 1.37 bits per heavy atom. The summed E-state index contributed by atoms with van der Waals surface area (Å²) in [5.74, 6) is 0. The van der Waals surface area contributed by atoms with Crippen LogP contribution < -0.4 is 47.9 Å². The molecular weight excluding hydrogens is 906 g/mol. The molecule has 0 spiro atoms. The Hall–Kier alpha value is -6.82. The molecule has 0 saturated carbocycles. The topological polar surface area (TPSA) is 187 Å². The standard InChI is InChI=1S/C19H23N3O2.C18H21N3O2.C17H18ClN3O2/c1-14-2-4-15(5-3-14)12-21-19(23)22-17-8-6-16(7-9-17)18-13-20-10-11-24-18;1-13-3-2-4-16(11-13)21-18(22)20-15-7-5-14(6-8-15)17-12-19-9-10-23-17;18-14-3-1-2-4-15(14)21-17(22)20-13-7-5-12(6-8-13)16-11-19-9-10-23-16/h2-9,18,20H,10-13H2,1H3,(H2,21,22,23);2-8,11,17,19H,9-10,12H2,1H3,(H2,20,21,22);1-8,16,19H,9-11H2,(H2,20,21,22). The first-order chi connectivity index (χ1) is 34.1. The molecule has 3 heterocycles. The van der Waals surface area contributed by atoms with E-state index >= 15 is 0 Å². The number of carbonyl (C=O) groups is 3. The lowest BCUT2D eigenvalue weighted by molar-refractivity contribution is 0.0276. The van der Waals surface area contributed by atoms with E-state index in [-0.39, 0.29) is 36.4 Å². The van der Waals surface area contributed by atoms with Gasteiger partial charge in [0, 0.05) is 68.6 Å². The molecule has 9 N–H and O–H groups in total. The molecule has 3 aliphatic heterocycles. The quantitative estimate of drug-likeness (QED) is 0.0644. The number of anilines is 5. The number of hydrogen-bond acceptors (Lipinski definition) is 9. The zero-order valence-corrected chi connectivity index (χ0v) is 40.2. The van der Waals surface area contributed by atoms with Gasteiger partial charge in [0.1, 0.15) is 0 Å². The molecule has 6 aromatic carbocycles. The summed E-state index contributed by atoms with van der Waals surface area (Å²) < 4.78 is 17.1. The van der Waals surface area contributed by atoms with E-state index in [4.69, 9.17) is 25.8 Å². The molecule has 15 nitrogen and oxygen atoms in total. The largest absolute Gasteiger partial charge is 0.371 e. The summed E-state index contributed by atoms with van der Waals surface area (Å²) in [6.45, 7) is 11.8. The van der Waals surface area contributed by atoms with E-state index in [2.05, 4.69) is 47.9 Å². The molecule has 9 rings (SSSR count). The molecule has 6 amide bonds. The lowest BCUT2D eigenvalue weighted by Crippen LogP contribution is -2.33. The number of aryl methyl sites for hydroxylation is 2. The number of carbonyl (C=O) groups excluding carboxylic acids is 3. The van der Waals surface area contributed by atoms with E-state index in [0.29, 0.717) is 29.5 Å². The van der Waals surface area contributed by atoms with Gasteiger partial charge < -0.3 is 62.1 Å². The Kier molecular flexibility index (Phi) is 19.5. The number of nitrogens with one attached hydrogen (secondary N) is 9. The first-order valence-corrected chi connectivity index (χ1v) is 23.9. The minimum atomic E-state index is -0.332. The molecule has 16 heteroatoms. The molecule has 3 saturated heterocycles. The Morgan fingerprint density at radius 2 is 0.929 bits per heavy atom. The van der Waals surface area contributed by atoms with Crippen molar-refractivity contribution in [1.29, 1.82) is 0 Å². The van der Waals surface area contributed by atoms with Gasteiger partial charge in [0.15, 0.2) is 0 Å². The number of benzene rings is 6. The Labute approximate surface area is 414 Å². The van der Waals surface area contributed by atoms with Crippen LogP contribution in [-0.4, -0.2) is 77.2 Å². The number of urea groups is 3. The van der Waals surface area contributed by atoms with Crippen molar-refractivity contribution in [3.8, 4) is 0 Å². The van der Waals surface area contributed by atoms with E-state index in [0.717, 1.165) is 97.4 Å². The Morgan fingerprint density at radius 1 is 0.486 bits per heavy atom. The lowest BCUT2D eigenvalue weighted by Gasteiger charge is -2.24. The summed E-state index contributed by atoms with van der Waals surface area (Å²) >= 11 is 6.02. The summed E-state index contributed by atoms with van der Waals surface area (Å²) in [5, 5.41) is 27.3. The van der Waals surface area contributed by atoms with Crippen LogP contribution in [0, 0.1) is 13.8 Å². The zero-order valence-electron chi connectivity index (χ0n) is 39.5. The van der Waals surface area contributed by atoms with E-state index in [1.54, 1.807) is 12.1 Å². The zero-order chi connectivity index (χ0) is 48.9. The van der Waals surface area contributed by atoms with Gasteiger partial charge in [-0.1, -0.05) is 102 Å². The second kappa shape index (κ2) is 26.8. The summed E-state index contributed by atoms with van der Waals surface area (Å²) in [6.07, 6.45) is 0.233. The molecule has 3 unspecified atom stereocenters. The van der Waals surface area contributed by atoms with Crippen LogP contribution in [0.1, 0.15) is 51.7 Å². The van der Waals surface area contributed by atoms with Crippen molar-refractivity contribution < 1.29 is 28.6 Å². The fraction of sp³-hybridized carbons (Fsp3) is 0.278. The maximum atomic E-state index is 12.0. The monoisotopic (exact) mass is 967 g/mol. The molecule has 0 bridgehead atoms. The van der Waals surface area contributed by atoms with Gasteiger partial charge in [-0.3, -0.25) is 0 Å². The second-order valence-corrected chi connectivity index (χ2v) is 17.3. The van der Waals surface area contributed by atoms with Crippen LogP contribution in [0.25, 0.3) is 0 Å². The summed E-state index contributed by atoms with van der Waals surface area (Å²) in [6, 6.07) is 45.3. The van der Waals surface area contributed by atoms with Crippen molar-refractivity contribution in [2.45, 2.75) is 38.7 Å². The van der Waals surface area contributed by atoms with Crippen LogP contribution in [0.4, 0.5) is 42.8 Å². The van der Waals surface area contributed by atoms with Crippen LogP contribution in [0.2, 0.25) is 5.02 Å². The summed E-state index contributed by atoms with van der Waals surface area (Å²) in [7, 11) is 0. The number of para-hydroxylation sites is 1. The minimum Gasteiger partial charge on any atom is -0.371 e. The third-order valence-electron chi connectivity index (χ3n) is 11.4. The molecule has 3 fully saturated rings. The minimum absolute atomic E-state index is 0.0646. The molecular formula is C54H62ClN9O6. The van der Waals surface area contributed by atoms with Crippen LogP contribution in [0.5, 0.6) is 0 Å². The van der Waals surface area contributed by atoms with Crippen molar-refractivity contribution in [2.24, 2.45) is 0 Å². The third kappa shape index (κ3) is 16.7. The van der Waals surface area contributed by atoms with Gasteiger partial charge in [-0.05, 0) is 102 Å². The lowest BCUT2D eigenvalue weighted by atomic mass is 10.1. The van der Waals surface area contributed by atoms with E-state index < -0.39 is 0 Å². The second-order valence-electron chi connectivity index (χ2n) is 16.9. The average Bonchev–Trinajstić information content (AvgIpc) is 3.39. The molecule has 0 aliphatic carbocycles. The van der Waals surface area contributed by atoms with Crippen molar-refractivity contribution in [1.82, 2.24) is 21.3 Å². The van der Waals surface area contributed by atoms with E-state index in [1.165, 1.54) is 5.56 Å². The average molecular weight is 969 g/mol. The fourth-order valence-corrected chi connectivity index (χ4v) is 7.79. The number of amides is 6. The third-order valence-corrected chi connectivity index (χ3v) is 11.7. The number of ether oxygens (including phenoxy) is 3. The fourth-order valence-electron chi connectivity index (χ4n) is 7.61. The van der Waals surface area contributed by atoms with Gasteiger partial charge in [-0.2, -0.15) is 0 Å². The van der Waals surface area contributed by atoms with Crippen LogP contribution in [0.3, 0.4) is 0 Å². The number of rotatable bonds is 10. The molecule has 366 valence electrons. The molecule has 6 aromatic rings. The van der Waals surface area contributed by atoms with E-state index in [1.807, 2.05) is 147 Å². The van der Waals surface area contributed by atoms with Gasteiger partial charge in [-0.25, -0.2) is 14.4 Å². The van der Waals surface area contributed by atoms with Gasteiger partial charge in [-0.15, -0.1) is 0 Å². The van der Waals surface area contributed by atoms with Gasteiger partial charge >= 0.3 is 18.1 Å².